The number of hydrogen-bond donors (Lipinski definition) is 1. The van der Waals surface area contributed by atoms with Crippen molar-refractivity contribution in [1.29, 1.82) is 0 Å². The number of nitrogens with zero attached hydrogens (tertiary/aromatic N) is 4. The molecule has 7 heteroatoms. The van der Waals surface area contributed by atoms with Gasteiger partial charge in [0.15, 0.2) is 5.13 Å². The van der Waals surface area contributed by atoms with Crippen LogP contribution in [-0.4, -0.2) is 56.7 Å². The van der Waals surface area contributed by atoms with Gasteiger partial charge < -0.3 is 9.52 Å². The lowest BCUT2D eigenvalue weighted by molar-refractivity contribution is 0.0447. The zero-order valence-electron chi connectivity index (χ0n) is 15.6. The van der Waals surface area contributed by atoms with E-state index in [1.54, 1.807) is 11.3 Å². The average molecular weight is 387 g/mol. The first-order valence-corrected chi connectivity index (χ1v) is 10.3. The van der Waals surface area contributed by atoms with Gasteiger partial charge in [0.1, 0.15) is 11.5 Å². The molecule has 1 N–H and O–H groups in total. The van der Waals surface area contributed by atoms with E-state index in [9.17, 15) is 5.11 Å². The Morgan fingerprint density at radius 1 is 1.26 bits per heavy atom. The summed E-state index contributed by atoms with van der Waals surface area (Å²) in [6.45, 7) is 6.81. The predicted octanol–water partition coefficient (Wildman–Crippen LogP) is 2.90. The molecule has 6 nitrogen and oxygen atoms in total. The van der Waals surface area contributed by atoms with Crippen LogP contribution >= 0.6 is 11.3 Å². The van der Waals surface area contributed by atoms with Crippen molar-refractivity contribution in [3.05, 3.63) is 59.3 Å². The molecule has 0 bridgehead atoms. The summed E-state index contributed by atoms with van der Waals surface area (Å²) >= 11 is 1.65. The van der Waals surface area contributed by atoms with Gasteiger partial charge in [-0.15, -0.1) is 11.3 Å². The van der Waals surface area contributed by atoms with Crippen LogP contribution in [0.2, 0.25) is 0 Å². The Hall–Kier alpha value is -1.93. The maximum absolute atomic E-state index is 9.54. The first-order valence-electron chi connectivity index (χ1n) is 9.41. The third-order valence-corrected chi connectivity index (χ3v) is 5.92. The highest BCUT2D eigenvalue weighted by Gasteiger charge is 2.27. The second kappa shape index (κ2) is 8.39. The summed E-state index contributed by atoms with van der Waals surface area (Å²) < 4.78 is 7.93. The molecule has 144 valence electrons. The SMILES string of the molecule is Cc1ccc(CN2CCN(Cc3cccn3-c3nccs3)C[C@@H]2CCO)o1. The molecule has 0 radical (unpaired) electrons. The minimum atomic E-state index is 0.210. The topological polar surface area (TPSA) is 57.7 Å². The highest BCUT2D eigenvalue weighted by atomic mass is 32.1. The number of aromatic nitrogens is 2. The van der Waals surface area contributed by atoms with Gasteiger partial charge in [-0.1, -0.05) is 0 Å². The van der Waals surface area contributed by atoms with Crippen LogP contribution in [0.5, 0.6) is 0 Å². The van der Waals surface area contributed by atoms with Crippen LogP contribution < -0.4 is 0 Å². The van der Waals surface area contributed by atoms with E-state index in [1.807, 2.05) is 24.6 Å². The van der Waals surface area contributed by atoms with Gasteiger partial charge in [0.05, 0.1) is 6.54 Å². The van der Waals surface area contributed by atoms with Crippen LogP contribution in [0.15, 0.2) is 46.5 Å². The lowest BCUT2D eigenvalue weighted by Crippen LogP contribution is -2.52. The third-order valence-electron chi connectivity index (χ3n) is 5.15. The van der Waals surface area contributed by atoms with Crippen molar-refractivity contribution in [3.63, 3.8) is 0 Å². The fourth-order valence-corrected chi connectivity index (χ4v) is 4.45. The fraction of sp³-hybridized carbons (Fsp3) is 0.450. The fourth-order valence-electron chi connectivity index (χ4n) is 3.80. The molecule has 1 fully saturated rings. The van der Waals surface area contributed by atoms with E-state index in [0.717, 1.165) is 55.8 Å². The van der Waals surface area contributed by atoms with Gasteiger partial charge in [-0.2, -0.15) is 0 Å². The molecule has 0 saturated carbocycles. The summed E-state index contributed by atoms with van der Waals surface area (Å²) in [7, 11) is 0. The Bertz CT molecular complexity index is 842. The van der Waals surface area contributed by atoms with Crippen molar-refractivity contribution < 1.29 is 9.52 Å². The van der Waals surface area contributed by atoms with Crippen LogP contribution in [0.3, 0.4) is 0 Å². The molecular formula is C20H26N4O2S. The van der Waals surface area contributed by atoms with E-state index < -0.39 is 0 Å². The van der Waals surface area contributed by atoms with E-state index in [0.29, 0.717) is 6.04 Å². The van der Waals surface area contributed by atoms with Gasteiger partial charge in [0.2, 0.25) is 0 Å². The average Bonchev–Trinajstić information content (AvgIpc) is 3.39. The molecule has 0 spiro atoms. The highest BCUT2D eigenvalue weighted by Crippen LogP contribution is 2.21. The molecule has 1 atom stereocenters. The maximum atomic E-state index is 9.54. The summed E-state index contributed by atoms with van der Waals surface area (Å²) in [6.07, 6.45) is 4.70. The van der Waals surface area contributed by atoms with Gasteiger partial charge >= 0.3 is 0 Å². The Labute approximate surface area is 163 Å². The van der Waals surface area contributed by atoms with E-state index in [2.05, 4.69) is 43.7 Å². The minimum absolute atomic E-state index is 0.210. The van der Waals surface area contributed by atoms with Gasteiger partial charge in [-0.25, -0.2) is 4.98 Å². The van der Waals surface area contributed by atoms with Crippen LogP contribution in [0.1, 0.15) is 23.6 Å². The number of aliphatic hydroxyl groups excluding tert-OH is 1. The molecule has 0 amide bonds. The molecule has 0 unspecified atom stereocenters. The van der Waals surface area contributed by atoms with E-state index in [-0.39, 0.29) is 6.61 Å². The number of piperazine rings is 1. The van der Waals surface area contributed by atoms with Crippen LogP contribution in [-0.2, 0) is 13.1 Å². The Morgan fingerprint density at radius 3 is 2.93 bits per heavy atom. The molecule has 3 aromatic heterocycles. The third kappa shape index (κ3) is 4.32. The molecule has 0 aromatic carbocycles. The Kier molecular flexibility index (Phi) is 5.73. The molecular weight excluding hydrogens is 360 g/mol. The summed E-state index contributed by atoms with van der Waals surface area (Å²) in [6, 6.07) is 8.65. The predicted molar refractivity (Wildman–Crippen MR) is 106 cm³/mol. The number of aliphatic hydroxyl groups is 1. The lowest BCUT2D eigenvalue weighted by Gasteiger charge is -2.41. The smallest absolute Gasteiger partial charge is 0.193 e. The number of thiazole rings is 1. The monoisotopic (exact) mass is 386 g/mol. The van der Waals surface area contributed by atoms with Crippen molar-refractivity contribution >= 4 is 11.3 Å². The van der Waals surface area contributed by atoms with Gasteiger partial charge in [-0.05, 0) is 37.6 Å². The van der Waals surface area contributed by atoms with Crippen molar-refractivity contribution in [2.45, 2.75) is 32.5 Å². The first-order chi connectivity index (χ1) is 13.2. The van der Waals surface area contributed by atoms with Crippen LogP contribution in [0.4, 0.5) is 0 Å². The molecule has 4 rings (SSSR count). The second-order valence-electron chi connectivity index (χ2n) is 7.07. The van der Waals surface area contributed by atoms with Crippen molar-refractivity contribution in [3.8, 4) is 5.13 Å². The summed E-state index contributed by atoms with van der Waals surface area (Å²) in [5, 5.41) is 12.6. The zero-order chi connectivity index (χ0) is 18.6. The van der Waals surface area contributed by atoms with Gasteiger partial charge in [0.25, 0.3) is 0 Å². The maximum Gasteiger partial charge on any atom is 0.193 e. The van der Waals surface area contributed by atoms with E-state index in [1.165, 1.54) is 5.69 Å². The zero-order valence-corrected chi connectivity index (χ0v) is 16.4. The summed E-state index contributed by atoms with van der Waals surface area (Å²) in [4.78, 5) is 9.34. The minimum Gasteiger partial charge on any atom is -0.465 e. The number of aryl methyl sites for hydroxylation is 1. The van der Waals surface area contributed by atoms with Crippen LogP contribution in [0, 0.1) is 6.92 Å². The molecule has 1 saturated heterocycles. The summed E-state index contributed by atoms with van der Waals surface area (Å²) in [5.74, 6) is 1.95. The lowest BCUT2D eigenvalue weighted by atomic mass is 10.1. The Balaban J connectivity index is 1.42. The van der Waals surface area contributed by atoms with E-state index in [4.69, 9.17) is 4.42 Å². The standard InChI is InChI=1S/C20H26N4O2S/c1-16-4-5-19(26-16)15-23-10-9-22(13-17(23)6-11-25)14-18-3-2-8-24(18)20-21-7-12-27-20/h2-5,7-8,12,17,25H,6,9-11,13-15H2,1H3/t17-/m0/s1. The molecule has 27 heavy (non-hydrogen) atoms. The molecule has 3 aromatic rings. The quantitative estimate of drug-likeness (QED) is 0.677. The van der Waals surface area contributed by atoms with E-state index >= 15 is 0 Å². The molecule has 0 aliphatic carbocycles. The van der Waals surface area contributed by atoms with Crippen molar-refractivity contribution in [2.24, 2.45) is 0 Å². The van der Waals surface area contributed by atoms with Gasteiger partial charge in [0, 0.05) is 62.3 Å². The number of hydrogen-bond acceptors (Lipinski definition) is 6. The number of rotatable bonds is 7. The highest BCUT2D eigenvalue weighted by molar-refractivity contribution is 7.12. The molecule has 1 aliphatic heterocycles. The first kappa shape index (κ1) is 18.4. The van der Waals surface area contributed by atoms with Crippen molar-refractivity contribution in [2.75, 3.05) is 26.2 Å². The largest absolute Gasteiger partial charge is 0.465 e. The molecule has 1 aliphatic rings. The molecule has 4 heterocycles. The van der Waals surface area contributed by atoms with Crippen LogP contribution in [0.25, 0.3) is 5.13 Å². The Morgan fingerprint density at radius 2 is 2.19 bits per heavy atom. The van der Waals surface area contributed by atoms with Crippen molar-refractivity contribution in [1.82, 2.24) is 19.4 Å². The second-order valence-corrected chi connectivity index (χ2v) is 7.94. The summed E-state index contributed by atoms with van der Waals surface area (Å²) in [5.41, 5.74) is 1.25. The number of furan rings is 1. The van der Waals surface area contributed by atoms with Gasteiger partial charge in [-0.3, -0.25) is 14.4 Å². The normalized spacial score (nSPS) is 19.0.